The van der Waals surface area contributed by atoms with Crippen LogP contribution in [0.4, 0.5) is 4.39 Å². The molecule has 0 spiro atoms. The van der Waals surface area contributed by atoms with Gasteiger partial charge in [-0.05, 0) is 44.8 Å². The van der Waals surface area contributed by atoms with E-state index in [4.69, 9.17) is 0 Å². The van der Waals surface area contributed by atoms with E-state index in [1.807, 2.05) is 0 Å². The molecule has 0 amide bonds. The number of pyridine rings is 1. The van der Waals surface area contributed by atoms with Crippen molar-refractivity contribution < 1.29 is 13.9 Å². The summed E-state index contributed by atoms with van der Waals surface area (Å²) in [5.41, 5.74) is -0.635. The largest absolute Gasteiger partial charge is 0.462 e. The Morgan fingerprint density at radius 1 is 1.62 bits per heavy atom. The van der Waals surface area contributed by atoms with E-state index in [2.05, 4.69) is 36.6 Å². The summed E-state index contributed by atoms with van der Waals surface area (Å²) in [6.45, 7) is 1.62. The fraction of sp³-hybridized carbons (Fsp3) is 0.333. The quantitative estimate of drug-likeness (QED) is 0.781. The van der Waals surface area contributed by atoms with Gasteiger partial charge in [0.05, 0.1) is 11.1 Å². The zero-order valence-electron chi connectivity index (χ0n) is 8.25. The molecule has 1 atom stereocenters. The lowest BCUT2D eigenvalue weighted by atomic mass is 10.4. The first-order valence-electron chi connectivity index (χ1n) is 4.35. The number of nitrogens with zero attached hydrogens (tertiary/aromatic N) is 1. The fourth-order valence-electron chi connectivity index (χ4n) is 1.03. The molecule has 0 saturated heterocycles. The predicted molar refractivity (Wildman–Crippen MR) is 62.9 cm³/mol. The number of hydrogen-bond donors (Lipinski definition) is 0. The molecule has 1 aromatic rings. The normalized spacial score (nSPS) is 12.2. The topological polar surface area (TPSA) is 48.3 Å². The van der Waals surface area contributed by atoms with Crippen LogP contribution in [0.1, 0.15) is 13.2 Å². The Balaban J connectivity index is 3.13. The third-order valence-electron chi connectivity index (χ3n) is 1.69. The van der Waals surface area contributed by atoms with E-state index in [1.165, 1.54) is 12.3 Å². The molecule has 1 heterocycles. The molecule has 0 bridgehead atoms. The Labute approximate surface area is 108 Å². The molecular formula is C9H8Br2FNO3. The van der Waals surface area contributed by atoms with Crippen molar-refractivity contribution in [1.82, 2.24) is 4.57 Å². The molecule has 0 fully saturated rings. The minimum Gasteiger partial charge on any atom is -0.462 e. The van der Waals surface area contributed by atoms with Crippen LogP contribution in [0.3, 0.4) is 0 Å². The highest BCUT2D eigenvalue weighted by molar-refractivity contribution is 9.11. The van der Waals surface area contributed by atoms with Crippen LogP contribution in [-0.2, 0) is 9.53 Å². The lowest BCUT2D eigenvalue weighted by molar-refractivity contribution is -0.153. The van der Waals surface area contributed by atoms with Gasteiger partial charge < -0.3 is 4.74 Å². The van der Waals surface area contributed by atoms with Gasteiger partial charge >= 0.3 is 5.97 Å². The van der Waals surface area contributed by atoms with Crippen LogP contribution in [-0.4, -0.2) is 17.1 Å². The lowest BCUT2D eigenvalue weighted by Crippen LogP contribution is -2.28. The summed E-state index contributed by atoms with van der Waals surface area (Å²) in [5, 5.41) is 0. The van der Waals surface area contributed by atoms with Crippen molar-refractivity contribution in [3.8, 4) is 0 Å². The molecular weight excluding hydrogens is 349 g/mol. The highest BCUT2D eigenvalue weighted by Gasteiger charge is 2.22. The van der Waals surface area contributed by atoms with Crippen LogP contribution in [0, 0.1) is 0 Å². The first kappa shape index (κ1) is 13.4. The van der Waals surface area contributed by atoms with Crippen molar-refractivity contribution >= 4 is 37.8 Å². The highest BCUT2D eigenvalue weighted by Crippen LogP contribution is 2.17. The van der Waals surface area contributed by atoms with Crippen molar-refractivity contribution in [2.24, 2.45) is 0 Å². The smallest absolute Gasteiger partial charge is 0.362 e. The molecule has 1 aromatic heterocycles. The maximum atomic E-state index is 13.6. The van der Waals surface area contributed by atoms with Gasteiger partial charge in [0.2, 0.25) is 0 Å². The number of rotatable bonds is 3. The van der Waals surface area contributed by atoms with Gasteiger partial charge in [0.1, 0.15) is 0 Å². The van der Waals surface area contributed by atoms with E-state index >= 15 is 0 Å². The first-order valence-corrected chi connectivity index (χ1v) is 5.94. The van der Waals surface area contributed by atoms with Gasteiger partial charge in [0, 0.05) is 10.7 Å². The van der Waals surface area contributed by atoms with Crippen LogP contribution < -0.4 is 5.56 Å². The summed E-state index contributed by atoms with van der Waals surface area (Å²) in [6, 6.07) is 1.47. The summed E-state index contributed by atoms with van der Waals surface area (Å²) in [7, 11) is 0. The molecule has 0 N–H and O–H groups in total. The molecule has 0 saturated carbocycles. The van der Waals surface area contributed by atoms with Crippen LogP contribution in [0.25, 0.3) is 0 Å². The Morgan fingerprint density at radius 3 is 2.81 bits per heavy atom. The number of aromatic nitrogens is 1. The second kappa shape index (κ2) is 5.58. The van der Waals surface area contributed by atoms with Crippen molar-refractivity contribution in [3.05, 3.63) is 31.6 Å². The third-order valence-corrected chi connectivity index (χ3v) is 2.69. The second-order valence-electron chi connectivity index (χ2n) is 2.81. The van der Waals surface area contributed by atoms with Crippen molar-refractivity contribution in [3.63, 3.8) is 0 Å². The van der Waals surface area contributed by atoms with E-state index in [1.54, 1.807) is 6.92 Å². The summed E-state index contributed by atoms with van der Waals surface area (Å²) >= 11 is 6.07. The minimum atomic E-state index is -2.14. The van der Waals surface area contributed by atoms with Crippen LogP contribution >= 0.6 is 31.9 Å². The molecule has 0 aliphatic rings. The second-order valence-corrected chi connectivity index (χ2v) is 4.58. The summed E-state index contributed by atoms with van der Waals surface area (Å²) < 4.78 is 19.4. The first-order chi connectivity index (χ1) is 7.47. The van der Waals surface area contributed by atoms with Gasteiger partial charge in [-0.25, -0.2) is 9.18 Å². The molecule has 16 heavy (non-hydrogen) atoms. The molecule has 88 valence electrons. The highest BCUT2D eigenvalue weighted by atomic mass is 79.9. The Hall–Kier alpha value is -0.690. The zero-order chi connectivity index (χ0) is 12.3. The Kier molecular flexibility index (Phi) is 4.67. The number of ether oxygens (including phenoxy) is 1. The van der Waals surface area contributed by atoms with Crippen LogP contribution in [0.5, 0.6) is 0 Å². The van der Waals surface area contributed by atoms with Crippen LogP contribution in [0.15, 0.2) is 26.0 Å². The molecule has 0 radical (unpaired) electrons. The van der Waals surface area contributed by atoms with Gasteiger partial charge in [0.25, 0.3) is 11.9 Å². The predicted octanol–water partition coefficient (Wildman–Crippen LogP) is 2.40. The van der Waals surface area contributed by atoms with E-state index < -0.39 is 17.8 Å². The number of alkyl halides is 1. The number of hydrogen-bond acceptors (Lipinski definition) is 3. The number of esters is 1. The van der Waals surface area contributed by atoms with Gasteiger partial charge in [-0.15, -0.1) is 0 Å². The van der Waals surface area contributed by atoms with Crippen LogP contribution in [0.2, 0.25) is 0 Å². The van der Waals surface area contributed by atoms with Gasteiger partial charge in [-0.1, -0.05) is 0 Å². The monoisotopic (exact) mass is 355 g/mol. The molecule has 4 nitrogen and oxygen atoms in total. The number of halogens is 3. The van der Waals surface area contributed by atoms with E-state index in [0.29, 0.717) is 9.04 Å². The molecule has 0 aliphatic carbocycles. The van der Waals surface area contributed by atoms with Gasteiger partial charge in [-0.3, -0.25) is 9.36 Å². The lowest BCUT2D eigenvalue weighted by Gasteiger charge is -2.11. The maximum absolute atomic E-state index is 13.6. The van der Waals surface area contributed by atoms with E-state index in [-0.39, 0.29) is 11.1 Å². The molecule has 1 unspecified atom stereocenters. The van der Waals surface area contributed by atoms with Crippen molar-refractivity contribution in [2.75, 3.05) is 6.61 Å². The average Bonchev–Trinajstić information content (AvgIpc) is 2.22. The third kappa shape index (κ3) is 2.91. The number of carbonyl (C=O) groups excluding carboxylic acids is 1. The fourth-order valence-corrected chi connectivity index (χ4v) is 2.24. The van der Waals surface area contributed by atoms with Crippen molar-refractivity contribution in [2.45, 2.75) is 13.2 Å². The molecule has 7 heteroatoms. The number of carbonyl (C=O) groups is 1. The van der Waals surface area contributed by atoms with Crippen molar-refractivity contribution in [1.29, 1.82) is 0 Å². The molecule has 0 aromatic carbocycles. The summed E-state index contributed by atoms with van der Waals surface area (Å²) in [6.07, 6.45) is -0.949. The molecule has 0 aliphatic heterocycles. The summed E-state index contributed by atoms with van der Waals surface area (Å²) in [5.74, 6) is -1.09. The Morgan fingerprint density at radius 2 is 2.25 bits per heavy atom. The zero-order valence-corrected chi connectivity index (χ0v) is 11.4. The van der Waals surface area contributed by atoms with Gasteiger partial charge in [0.15, 0.2) is 0 Å². The Bertz CT molecular complexity index is 461. The SMILES string of the molecule is CCOC(=O)C(F)n1cc(Br)cc(Br)c1=O. The average molecular weight is 357 g/mol. The molecule has 1 rings (SSSR count). The maximum Gasteiger partial charge on any atom is 0.362 e. The van der Waals surface area contributed by atoms with Gasteiger partial charge in [-0.2, -0.15) is 0 Å². The summed E-state index contributed by atoms with van der Waals surface area (Å²) in [4.78, 5) is 22.6. The minimum absolute atomic E-state index is 0.0587. The van der Waals surface area contributed by atoms with E-state index in [0.717, 1.165) is 0 Å². The standard InChI is InChI=1S/C9H8Br2FNO3/c1-2-16-9(15)7(12)13-4-5(10)3-6(11)8(13)14/h3-4,7H,2H2,1H3. The van der Waals surface area contributed by atoms with E-state index in [9.17, 15) is 14.0 Å².